The third-order valence-corrected chi connectivity index (χ3v) is 5.84. The molecule has 0 aliphatic rings. The lowest BCUT2D eigenvalue weighted by molar-refractivity contribution is 0.552. The summed E-state index contributed by atoms with van der Waals surface area (Å²) in [5.74, 6) is -0.801. The van der Waals surface area contributed by atoms with Crippen molar-refractivity contribution in [2.75, 3.05) is 0 Å². The molecule has 1 aromatic carbocycles. The van der Waals surface area contributed by atoms with Crippen molar-refractivity contribution in [3.8, 4) is 0 Å². The fourth-order valence-electron chi connectivity index (χ4n) is 1.56. The summed E-state index contributed by atoms with van der Waals surface area (Å²) in [6.07, 6.45) is 0. The zero-order valence-corrected chi connectivity index (χ0v) is 11.0. The van der Waals surface area contributed by atoms with Gasteiger partial charge in [0.2, 0.25) is 0 Å². The molecule has 0 nitrogen and oxygen atoms in total. The maximum absolute atomic E-state index is 13.7. The van der Waals surface area contributed by atoms with Crippen LogP contribution in [0.3, 0.4) is 0 Å². The fraction of sp³-hybridized carbons (Fsp3) is 0.500. The van der Waals surface area contributed by atoms with Gasteiger partial charge in [0.05, 0.1) is 8.07 Å². The van der Waals surface area contributed by atoms with E-state index in [9.17, 15) is 8.78 Å². The van der Waals surface area contributed by atoms with Gasteiger partial charge in [-0.2, -0.15) is 0 Å². The van der Waals surface area contributed by atoms with Crippen LogP contribution in [0.2, 0.25) is 19.6 Å². The molecule has 0 saturated carbocycles. The van der Waals surface area contributed by atoms with E-state index in [1.54, 1.807) is 6.92 Å². The molecule has 0 N–H and O–H groups in total. The third-order valence-electron chi connectivity index (χ3n) is 2.96. The molecule has 3 heteroatoms. The summed E-state index contributed by atoms with van der Waals surface area (Å²) in [6.45, 7) is 9.99. The molecule has 15 heavy (non-hydrogen) atoms. The van der Waals surface area contributed by atoms with E-state index in [1.165, 1.54) is 12.1 Å². The molecule has 84 valence electrons. The number of aryl methyl sites for hydroxylation is 1. The Morgan fingerprint density at radius 1 is 1.07 bits per heavy atom. The molecule has 1 unspecified atom stereocenters. The molecule has 0 aliphatic heterocycles. The first-order valence-electron chi connectivity index (χ1n) is 5.19. The van der Waals surface area contributed by atoms with Crippen molar-refractivity contribution in [1.82, 2.24) is 0 Å². The van der Waals surface area contributed by atoms with E-state index >= 15 is 0 Å². The third kappa shape index (κ3) is 2.65. The molecule has 0 amide bonds. The molecule has 0 aromatic heterocycles. The Hall–Kier alpha value is -0.703. The van der Waals surface area contributed by atoms with E-state index in [0.717, 1.165) is 0 Å². The van der Waals surface area contributed by atoms with Crippen molar-refractivity contribution >= 4 is 8.07 Å². The minimum absolute atomic E-state index is 0.00176. The highest BCUT2D eigenvalue weighted by atomic mass is 28.3. The number of hydrogen-bond donors (Lipinski definition) is 0. The molecule has 0 aliphatic carbocycles. The highest BCUT2D eigenvalue weighted by molar-refractivity contribution is 6.77. The Kier molecular flexibility index (Phi) is 3.33. The highest BCUT2D eigenvalue weighted by Gasteiger charge is 2.28. The lowest BCUT2D eigenvalue weighted by Crippen LogP contribution is -2.30. The van der Waals surface area contributed by atoms with Crippen molar-refractivity contribution in [2.24, 2.45) is 0 Å². The summed E-state index contributed by atoms with van der Waals surface area (Å²) in [6, 6.07) is 2.82. The van der Waals surface area contributed by atoms with Crippen LogP contribution in [-0.2, 0) is 0 Å². The van der Waals surface area contributed by atoms with Gasteiger partial charge in [-0.1, -0.05) is 26.6 Å². The summed E-state index contributed by atoms with van der Waals surface area (Å²) in [4.78, 5) is 0. The Morgan fingerprint density at radius 2 is 1.47 bits per heavy atom. The van der Waals surface area contributed by atoms with Crippen molar-refractivity contribution < 1.29 is 8.78 Å². The average molecular weight is 228 g/mol. The van der Waals surface area contributed by atoms with Crippen LogP contribution < -0.4 is 0 Å². The Balaban J connectivity index is 3.26. The summed E-state index contributed by atoms with van der Waals surface area (Å²) in [5, 5.41) is 0. The quantitative estimate of drug-likeness (QED) is 0.664. The summed E-state index contributed by atoms with van der Waals surface area (Å²) < 4.78 is 27.3. The van der Waals surface area contributed by atoms with Gasteiger partial charge in [0, 0.05) is 5.56 Å². The number of benzene rings is 1. The molecule has 0 bridgehead atoms. The van der Waals surface area contributed by atoms with Crippen LogP contribution in [0.4, 0.5) is 8.78 Å². The fourth-order valence-corrected chi connectivity index (χ4v) is 2.70. The SMILES string of the molecule is Cc1cc(F)c(C(C)[Si](C)(C)C)c(F)c1. The van der Waals surface area contributed by atoms with Crippen LogP contribution in [0.25, 0.3) is 0 Å². The van der Waals surface area contributed by atoms with E-state index < -0.39 is 19.7 Å². The van der Waals surface area contributed by atoms with Crippen LogP contribution >= 0.6 is 0 Å². The Morgan fingerprint density at radius 3 is 1.80 bits per heavy atom. The smallest absolute Gasteiger partial charge is 0.129 e. The van der Waals surface area contributed by atoms with Gasteiger partial charge < -0.3 is 0 Å². The number of halogens is 2. The first-order chi connectivity index (χ1) is 6.73. The van der Waals surface area contributed by atoms with Gasteiger partial charge in [-0.25, -0.2) is 8.78 Å². The Bertz CT molecular complexity index is 343. The van der Waals surface area contributed by atoms with Crippen molar-refractivity contribution in [3.05, 3.63) is 34.9 Å². The minimum atomic E-state index is -1.56. The first kappa shape index (κ1) is 12.4. The van der Waals surface area contributed by atoms with Gasteiger partial charge in [0.1, 0.15) is 11.6 Å². The molecule has 0 heterocycles. The second kappa shape index (κ2) is 4.04. The second-order valence-corrected chi connectivity index (χ2v) is 10.8. The number of hydrogen-bond acceptors (Lipinski definition) is 0. The maximum atomic E-state index is 13.7. The van der Waals surface area contributed by atoms with E-state index in [-0.39, 0.29) is 11.1 Å². The largest absolute Gasteiger partial charge is 0.207 e. The van der Waals surface area contributed by atoms with E-state index in [4.69, 9.17) is 0 Å². The van der Waals surface area contributed by atoms with E-state index in [1.807, 2.05) is 6.92 Å². The standard InChI is InChI=1S/C12H18F2Si/c1-8-6-10(13)12(11(14)7-8)9(2)15(3,4)5/h6-7,9H,1-5H3. The summed E-state index contributed by atoms with van der Waals surface area (Å²) in [7, 11) is -1.56. The van der Waals surface area contributed by atoms with Crippen LogP contribution in [0.5, 0.6) is 0 Å². The molecule has 1 atom stereocenters. The van der Waals surface area contributed by atoms with Gasteiger partial charge in [-0.15, -0.1) is 0 Å². The molecule has 1 aromatic rings. The predicted molar refractivity (Wildman–Crippen MR) is 62.9 cm³/mol. The molecule has 0 fully saturated rings. The minimum Gasteiger partial charge on any atom is -0.207 e. The number of rotatable bonds is 2. The predicted octanol–water partition coefficient (Wildman–Crippen LogP) is 4.25. The second-order valence-electron chi connectivity index (χ2n) is 5.23. The van der Waals surface area contributed by atoms with Gasteiger partial charge in [-0.05, 0) is 30.2 Å². The lowest BCUT2D eigenvalue weighted by Gasteiger charge is -2.26. The molecule has 0 radical (unpaired) electrons. The van der Waals surface area contributed by atoms with Gasteiger partial charge >= 0.3 is 0 Å². The van der Waals surface area contributed by atoms with Crippen molar-refractivity contribution in [2.45, 2.75) is 39.0 Å². The topological polar surface area (TPSA) is 0 Å². The highest BCUT2D eigenvalue weighted by Crippen LogP contribution is 2.30. The zero-order valence-electron chi connectivity index (χ0n) is 9.99. The van der Waals surface area contributed by atoms with Crippen LogP contribution in [-0.4, -0.2) is 8.07 Å². The maximum Gasteiger partial charge on any atom is 0.129 e. The zero-order chi connectivity index (χ0) is 11.8. The van der Waals surface area contributed by atoms with Gasteiger partial charge in [0.25, 0.3) is 0 Å². The van der Waals surface area contributed by atoms with Crippen molar-refractivity contribution in [3.63, 3.8) is 0 Å². The normalized spacial score (nSPS) is 14.1. The lowest BCUT2D eigenvalue weighted by atomic mass is 10.1. The monoisotopic (exact) mass is 228 g/mol. The molecular formula is C12H18F2Si. The van der Waals surface area contributed by atoms with Crippen LogP contribution in [0.15, 0.2) is 12.1 Å². The molecular weight excluding hydrogens is 210 g/mol. The molecule has 1 rings (SSSR count). The van der Waals surface area contributed by atoms with E-state index in [2.05, 4.69) is 19.6 Å². The van der Waals surface area contributed by atoms with Crippen molar-refractivity contribution in [1.29, 1.82) is 0 Å². The van der Waals surface area contributed by atoms with Crippen LogP contribution in [0, 0.1) is 18.6 Å². The molecule has 0 spiro atoms. The Labute approximate surface area is 91.3 Å². The van der Waals surface area contributed by atoms with Crippen LogP contribution in [0.1, 0.15) is 23.6 Å². The first-order valence-corrected chi connectivity index (χ1v) is 8.76. The summed E-state index contributed by atoms with van der Waals surface area (Å²) in [5.41, 5.74) is 0.898. The average Bonchev–Trinajstić information content (AvgIpc) is 1.99. The molecule has 0 saturated heterocycles. The van der Waals surface area contributed by atoms with Gasteiger partial charge in [-0.3, -0.25) is 0 Å². The van der Waals surface area contributed by atoms with Gasteiger partial charge in [0.15, 0.2) is 0 Å². The van der Waals surface area contributed by atoms with E-state index in [0.29, 0.717) is 5.56 Å². The summed E-state index contributed by atoms with van der Waals surface area (Å²) >= 11 is 0.